The number of allylic oxidation sites excluding steroid dienone is 3. The largest absolute Gasteiger partial charge is 0.399 e. The number of anilines is 1. The lowest BCUT2D eigenvalue weighted by molar-refractivity contribution is -0.0227. The second kappa shape index (κ2) is 16.3. The Hall–Kier alpha value is -4.66. The van der Waals surface area contributed by atoms with Crippen LogP contribution in [0, 0.1) is 11.3 Å². The van der Waals surface area contributed by atoms with Gasteiger partial charge in [0.25, 0.3) is 0 Å². The van der Waals surface area contributed by atoms with Gasteiger partial charge in [-0.2, -0.15) is 5.10 Å². The smallest absolute Gasteiger partial charge is 0.137 e. The van der Waals surface area contributed by atoms with Crippen molar-refractivity contribution in [2.45, 2.75) is 108 Å². The summed E-state index contributed by atoms with van der Waals surface area (Å²) in [6, 6.07) is 22.4. The summed E-state index contributed by atoms with van der Waals surface area (Å²) in [5, 5.41) is 5.77. The molecule has 3 saturated carbocycles. The molecule has 2 saturated heterocycles. The van der Waals surface area contributed by atoms with Crippen molar-refractivity contribution in [1.82, 2.24) is 20.3 Å². The first-order valence-corrected chi connectivity index (χ1v) is 21.8. The van der Waals surface area contributed by atoms with Crippen molar-refractivity contribution in [2.24, 2.45) is 27.9 Å². The Morgan fingerprint density at radius 2 is 1.74 bits per heavy atom. The van der Waals surface area contributed by atoms with Crippen LogP contribution in [-0.2, 0) is 6.42 Å². The number of H-pyrrole nitrogens is 1. The molecular formula is C49H62N8. The first-order chi connectivity index (χ1) is 27.8. The van der Waals surface area contributed by atoms with Crippen LogP contribution >= 0.6 is 0 Å². The zero-order chi connectivity index (χ0) is 38.9. The number of hydrazone groups is 1. The van der Waals surface area contributed by atoms with Gasteiger partial charge in [0, 0.05) is 72.5 Å². The molecule has 57 heavy (non-hydrogen) atoms. The quantitative estimate of drug-likeness (QED) is 0.0615. The highest BCUT2D eigenvalue weighted by atomic mass is 15.3. The van der Waals surface area contributed by atoms with Gasteiger partial charge in [0.05, 0.1) is 6.21 Å². The summed E-state index contributed by atoms with van der Waals surface area (Å²) in [6.07, 6.45) is 23.5. The maximum atomic E-state index is 6.18. The second-order valence-corrected chi connectivity index (χ2v) is 18.2. The highest BCUT2D eigenvalue weighted by molar-refractivity contribution is 6.01. The van der Waals surface area contributed by atoms with Gasteiger partial charge in [-0.25, -0.2) is 4.98 Å². The fourth-order valence-electron chi connectivity index (χ4n) is 10.7. The molecule has 0 bridgehead atoms. The van der Waals surface area contributed by atoms with Crippen molar-refractivity contribution in [2.75, 3.05) is 31.1 Å². The zero-order valence-electron chi connectivity index (χ0n) is 33.8. The Morgan fingerprint density at radius 3 is 2.51 bits per heavy atom. The van der Waals surface area contributed by atoms with E-state index in [-0.39, 0.29) is 0 Å². The van der Waals surface area contributed by atoms with Crippen LogP contribution in [0.3, 0.4) is 0 Å². The molecule has 298 valence electrons. The average molecular weight is 763 g/mol. The number of piperidine rings is 1. The van der Waals surface area contributed by atoms with Crippen molar-refractivity contribution in [1.29, 1.82) is 0 Å². The van der Waals surface area contributed by atoms with Gasteiger partial charge >= 0.3 is 0 Å². The van der Waals surface area contributed by atoms with Crippen LogP contribution in [0.15, 0.2) is 103 Å². The van der Waals surface area contributed by atoms with Gasteiger partial charge in [0.1, 0.15) is 5.65 Å². The summed E-state index contributed by atoms with van der Waals surface area (Å²) in [5.74, 6) is 1.41. The molecular weight excluding hydrogens is 701 g/mol. The van der Waals surface area contributed by atoms with Crippen molar-refractivity contribution in [3.63, 3.8) is 0 Å². The maximum Gasteiger partial charge on any atom is 0.137 e. The lowest BCUT2D eigenvalue weighted by atomic mass is 9.59. The van der Waals surface area contributed by atoms with Crippen LogP contribution in [0.5, 0.6) is 0 Å². The molecule has 1 spiro atoms. The van der Waals surface area contributed by atoms with E-state index in [4.69, 9.17) is 16.5 Å². The normalized spacial score (nSPS) is 24.3. The van der Waals surface area contributed by atoms with Gasteiger partial charge in [-0.1, -0.05) is 43.5 Å². The van der Waals surface area contributed by atoms with Crippen molar-refractivity contribution >= 4 is 28.5 Å². The minimum absolute atomic E-state index is 0.343. The van der Waals surface area contributed by atoms with Crippen molar-refractivity contribution in [3.8, 4) is 0 Å². The number of pyridine rings is 1. The Morgan fingerprint density at radius 1 is 0.947 bits per heavy atom. The Kier molecular flexibility index (Phi) is 10.8. The molecule has 4 aromatic rings. The van der Waals surface area contributed by atoms with E-state index in [2.05, 4.69) is 93.1 Å². The molecule has 4 heterocycles. The van der Waals surface area contributed by atoms with E-state index in [9.17, 15) is 0 Å². The van der Waals surface area contributed by atoms with Crippen molar-refractivity contribution in [3.05, 3.63) is 125 Å². The zero-order valence-corrected chi connectivity index (χ0v) is 33.8. The van der Waals surface area contributed by atoms with Crippen LogP contribution in [0.25, 0.3) is 16.6 Å². The van der Waals surface area contributed by atoms with Gasteiger partial charge in [0.15, 0.2) is 0 Å². The molecule has 6 N–H and O–H groups in total. The summed E-state index contributed by atoms with van der Waals surface area (Å²) < 4.78 is 0. The third kappa shape index (κ3) is 8.35. The maximum absolute atomic E-state index is 6.18. The molecule has 2 aliphatic heterocycles. The standard InChI is InChI=1S/C49H62N8/c1-33(50)24-40(32-55-54-31-35-9-13-41(51)14-10-35)34(2)44-16-15-42(27-39(44)26-36-25-38-17-20-52-48(38)53-30-36)56-22-18-49(19-23-56)28-43(29-49)57-21-5-8-47(57)46-7-4-3-6-45(46)37-11-12-37/h3-4,6-7,15-17,20,24-25,27,30,32,35,37,41,43,47,54H,1-2,5,8-14,18-19,21-23,26,28-29,31,50-51H2,(H,52,53)/b40-24+,55-32-. The SMILES string of the molecule is C=C(N)/C=C(\C=N/NCC1CCC(N)CC1)C(=C)c1ccc(N2CCC3(CC2)CC(N2CCCC2c2ccccc2C2CC2)C3)cc1Cc1cnc2[nH]ccc2c1. The van der Waals surface area contributed by atoms with Crippen molar-refractivity contribution < 1.29 is 0 Å². The Bertz CT molecular complexity index is 2130. The van der Waals surface area contributed by atoms with E-state index < -0.39 is 0 Å². The first-order valence-electron chi connectivity index (χ1n) is 21.8. The predicted octanol–water partition coefficient (Wildman–Crippen LogP) is 9.12. The van der Waals surface area contributed by atoms with Gasteiger partial charge in [-0.3, -0.25) is 4.90 Å². The molecule has 8 heteroatoms. The first kappa shape index (κ1) is 37.9. The number of hydrogen-bond donors (Lipinski definition) is 4. The number of fused-ring (bicyclic) bond motifs is 1. The molecule has 2 aromatic carbocycles. The topological polar surface area (TPSA) is 112 Å². The minimum atomic E-state index is 0.343. The number of hydrogen-bond acceptors (Lipinski definition) is 7. The fraction of sp³-hybridized carbons (Fsp3) is 0.469. The van der Waals surface area contributed by atoms with Crippen LogP contribution in [-0.4, -0.2) is 59.3 Å². The predicted molar refractivity (Wildman–Crippen MR) is 236 cm³/mol. The molecule has 3 aliphatic carbocycles. The molecule has 0 amide bonds. The van der Waals surface area contributed by atoms with E-state index >= 15 is 0 Å². The van der Waals surface area contributed by atoms with E-state index in [0.29, 0.717) is 29.1 Å². The number of nitrogens with zero attached hydrogens (tertiary/aromatic N) is 4. The Labute approximate surface area is 339 Å². The summed E-state index contributed by atoms with van der Waals surface area (Å²) >= 11 is 0. The number of nitrogens with two attached hydrogens (primary N) is 2. The van der Waals surface area contributed by atoms with Gasteiger partial charge in [-0.05, 0) is 171 Å². The summed E-state index contributed by atoms with van der Waals surface area (Å²) in [5.41, 5.74) is 27.3. The fourth-order valence-corrected chi connectivity index (χ4v) is 10.7. The monoisotopic (exact) mass is 763 g/mol. The van der Waals surface area contributed by atoms with Crippen LogP contribution in [0.4, 0.5) is 5.69 Å². The molecule has 1 unspecified atom stereocenters. The summed E-state index contributed by atoms with van der Waals surface area (Å²) in [4.78, 5) is 13.5. The number of rotatable bonds is 13. The molecule has 9 rings (SSSR count). The second-order valence-electron chi connectivity index (χ2n) is 18.2. The Balaban J connectivity index is 0.896. The van der Waals surface area contributed by atoms with Gasteiger partial charge in [-0.15, -0.1) is 0 Å². The lowest BCUT2D eigenvalue weighted by Crippen LogP contribution is -2.54. The molecule has 8 nitrogen and oxygen atoms in total. The minimum Gasteiger partial charge on any atom is -0.399 e. The number of aromatic nitrogens is 2. The summed E-state index contributed by atoms with van der Waals surface area (Å²) in [7, 11) is 0. The lowest BCUT2D eigenvalue weighted by Gasteiger charge is -2.56. The number of nitrogens with one attached hydrogen (secondary N) is 2. The van der Waals surface area contributed by atoms with Crippen LogP contribution < -0.4 is 21.8 Å². The number of likely N-dealkylation sites (tertiary alicyclic amines) is 1. The molecule has 0 radical (unpaired) electrons. The summed E-state index contributed by atoms with van der Waals surface area (Å²) in [6.45, 7) is 12.9. The van der Waals surface area contributed by atoms with Crippen LogP contribution in [0.1, 0.15) is 117 Å². The number of benzene rings is 2. The third-order valence-corrected chi connectivity index (χ3v) is 14.2. The molecule has 1 atom stereocenters. The highest BCUT2D eigenvalue weighted by Gasteiger charge is 2.50. The van der Waals surface area contributed by atoms with Crippen LogP contribution in [0.2, 0.25) is 0 Å². The number of aromatic amines is 1. The van der Waals surface area contributed by atoms with Gasteiger partial charge < -0.3 is 26.8 Å². The van der Waals surface area contributed by atoms with E-state index in [1.165, 1.54) is 74.7 Å². The van der Waals surface area contributed by atoms with E-state index in [1.54, 1.807) is 11.1 Å². The average Bonchev–Trinajstić information content (AvgIpc) is 3.75. The van der Waals surface area contributed by atoms with E-state index in [1.807, 2.05) is 24.7 Å². The molecule has 5 aliphatic rings. The molecule has 2 aromatic heterocycles. The van der Waals surface area contributed by atoms with Gasteiger partial charge in [0.2, 0.25) is 0 Å². The van der Waals surface area contributed by atoms with E-state index in [0.717, 1.165) is 91.4 Å². The highest BCUT2D eigenvalue weighted by Crippen LogP contribution is 2.55. The third-order valence-electron chi connectivity index (χ3n) is 14.2. The molecule has 5 fully saturated rings.